The molecule has 0 aliphatic heterocycles. The summed E-state index contributed by atoms with van der Waals surface area (Å²) >= 11 is 2.11. The molecule has 0 saturated carbocycles. The monoisotopic (exact) mass is 221 g/mol. The molecular weight excluding hydrogens is 213 g/mol. The largest absolute Gasteiger partial charge is 0.399 e. The molecule has 0 aromatic heterocycles. The molecule has 2 heteroatoms. The van der Waals surface area contributed by atoms with E-state index in [-0.39, 0.29) is 0 Å². The van der Waals surface area contributed by atoms with Crippen LogP contribution in [-0.4, -0.2) is 0 Å². The lowest BCUT2D eigenvalue weighted by Crippen LogP contribution is -1.89. The zero-order chi connectivity index (χ0) is 6.41. The normalized spacial score (nSPS) is 12.4. The summed E-state index contributed by atoms with van der Waals surface area (Å²) in [4.78, 5) is 0. The summed E-state index contributed by atoms with van der Waals surface area (Å²) in [7, 11) is 0. The topological polar surface area (TPSA) is 26.0 Å². The maximum absolute atomic E-state index is 5.39. The summed E-state index contributed by atoms with van der Waals surface area (Å²) < 4.78 is 1.85. The summed E-state index contributed by atoms with van der Waals surface area (Å²) in [5.41, 5.74) is 6.12. The highest BCUT2D eigenvalue weighted by Gasteiger charge is 1.72. The lowest BCUT2D eigenvalue weighted by atomic mass is 10.4. The minimum absolute atomic E-state index is 0.731. The van der Waals surface area contributed by atoms with Crippen LogP contribution >= 0.6 is 22.6 Å². The second-order valence-electron chi connectivity index (χ2n) is 1.20. The molecule has 0 aliphatic carbocycles. The number of rotatable bonds is 2. The number of halogens is 1. The van der Waals surface area contributed by atoms with E-state index < -0.39 is 0 Å². The molecule has 8 heavy (non-hydrogen) atoms. The van der Waals surface area contributed by atoms with Crippen LogP contribution in [-0.2, 0) is 0 Å². The lowest BCUT2D eigenvalue weighted by Gasteiger charge is -1.83. The second-order valence-corrected chi connectivity index (χ2v) is 1.91. The molecule has 0 aromatic rings. The van der Waals surface area contributed by atoms with Gasteiger partial charge >= 0.3 is 0 Å². The highest BCUT2D eigenvalue weighted by atomic mass is 127. The van der Waals surface area contributed by atoms with E-state index in [1.165, 1.54) is 0 Å². The standard InChI is InChI=1S/C6H8IN/c1-2-3-6(8)4-5-7/h2-5H,1,8H2/b5-4-,6-3+. The average Bonchev–Trinajstić information content (AvgIpc) is 1.68. The van der Waals surface area contributed by atoms with E-state index in [2.05, 4.69) is 29.2 Å². The molecule has 0 fully saturated rings. The van der Waals surface area contributed by atoms with Gasteiger partial charge in [0, 0.05) is 5.70 Å². The van der Waals surface area contributed by atoms with Crippen molar-refractivity contribution in [2.24, 2.45) is 5.73 Å². The van der Waals surface area contributed by atoms with Crippen LogP contribution in [0.1, 0.15) is 0 Å². The molecule has 0 aromatic carbocycles. The van der Waals surface area contributed by atoms with Crippen molar-refractivity contribution in [3.05, 3.63) is 34.6 Å². The third-order valence-electron chi connectivity index (χ3n) is 0.566. The fraction of sp³-hybridized carbons (Fsp3) is 0. The Kier molecular flexibility index (Phi) is 4.75. The highest BCUT2D eigenvalue weighted by molar-refractivity contribution is 14.1. The Balaban J connectivity index is 3.79. The van der Waals surface area contributed by atoms with Crippen molar-refractivity contribution in [1.29, 1.82) is 0 Å². The highest BCUT2D eigenvalue weighted by Crippen LogP contribution is 1.90. The van der Waals surface area contributed by atoms with Gasteiger partial charge in [-0.3, -0.25) is 0 Å². The van der Waals surface area contributed by atoms with Crippen molar-refractivity contribution in [2.75, 3.05) is 0 Å². The predicted molar refractivity (Wildman–Crippen MR) is 45.6 cm³/mol. The maximum atomic E-state index is 5.39. The number of allylic oxidation sites excluding steroid dienone is 3. The smallest absolute Gasteiger partial charge is 0.0318 e. The number of hydrogen-bond donors (Lipinski definition) is 1. The molecule has 0 radical (unpaired) electrons. The first-order valence-electron chi connectivity index (χ1n) is 2.16. The van der Waals surface area contributed by atoms with Gasteiger partial charge in [0.25, 0.3) is 0 Å². The first kappa shape index (κ1) is 7.75. The molecule has 44 valence electrons. The van der Waals surface area contributed by atoms with Gasteiger partial charge in [-0.2, -0.15) is 0 Å². The van der Waals surface area contributed by atoms with Gasteiger partial charge in [0.1, 0.15) is 0 Å². The van der Waals surface area contributed by atoms with Gasteiger partial charge in [-0.1, -0.05) is 35.2 Å². The van der Waals surface area contributed by atoms with Crippen LogP contribution < -0.4 is 5.73 Å². The van der Waals surface area contributed by atoms with E-state index in [0.717, 1.165) is 5.70 Å². The Morgan fingerprint density at radius 1 is 1.62 bits per heavy atom. The van der Waals surface area contributed by atoms with Crippen molar-refractivity contribution < 1.29 is 0 Å². The molecule has 0 amide bonds. The Labute approximate surface area is 63.1 Å². The van der Waals surface area contributed by atoms with Gasteiger partial charge in [0.2, 0.25) is 0 Å². The van der Waals surface area contributed by atoms with Crippen molar-refractivity contribution in [3.8, 4) is 0 Å². The third-order valence-corrected chi connectivity index (χ3v) is 0.925. The van der Waals surface area contributed by atoms with Gasteiger partial charge in [-0.25, -0.2) is 0 Å². The molecule has 0 spiro atoms. The molecule has 0 atom stereocenters. The quantitative estimate of drug-likeness (QED) is 0.559. The summed E-state index contributed by atoms with van der Waals surface area (Å²) in [6.07, 6.45) is 5.21. The Hall–Kier alpha value is -0.250. The van der Waals surface area contributed by atoms with Crippen LogP contribution in [0.5, 0.6) is 0 Å². The molecule has 0 saturated heterocycles. The van der Waals surface area contributed by atoms with Crippen molar-refractivity contribution in [1.82, 2.24) is 0 Å². The summed E-state index contributed by atoms with van der Waals surface area (Å²) in [5, 5.41) is 0. The van der Waals surface area contributed by atoms with Crippen LogP contribution in [0.15, 0.2) is 34.6 Å². The zero-order valence-corrected chi connectivity index (χ0v) is 6.63. The number of hydrogen-bond acceptors (Lipinski definition) is 1. The molecule has 1 nitrogen and oxygen atoms in total. The Morgan fingerprint density at radius 2 is 2.25 bits per heavy atom. The fourth-order valence-electron chi connectivity index (χ4n) is 0.264. The zero-order valence-electron chi connectivity index (χ0n) is 4.47. The SMILES string of the molecule is C=C/C=C(N)\C=C/I. The van der Waals surface area contributed by atoms with Crippen molar-refractivity contribution >= 4 is 22.6 Å². The van der Waals surface area contributed by atoms with E-state index in [1.54, 1.807) is 12.2 Å². The average molecular weight is 221 g/mol. The van der Waals surface area contributed by atoms with Crippen LogP contribution in [0.25, 0.3) is 0 Å². The van der Waals surface area contributed by atoms with Crippen molar-refractivity contribution in [3.63, 3.8) is 0 Å². The molecule has 0 bridgehead atoms. The summed E-state index contributed by atoms with van der Waals surface area (Å²) in [6, 6.07) is 0. The van der Waals surface area contributed by atoms with Gasteiger partial charge in [-0.15, -0.1) is 0 Å². The molecule has 0 heterocycles. The first-order chi connectivity index (χ1) is 3.81. The van der Waals surface area contributed by atoms with E-state index in [4.69, 9.17) is 5.73 Å². The number of nitrogens with two attached hydrogens (primary N) is 1. The molecule has 2 N–H and O–H groups in total. The maximum Gasteiger partial charge on any atom is 0.0318 e. The van der Waals surface area contributed by atoms with E-state index >= 15 is 0 Å². The third kappa shape index (κ3) is 3.92. The lowest BCUT2D eigenvalue weighted by molar-refractivity contribution is 1.43. The van der Waals surface area contributed by atoms with Gasteiger partial charge in [0.15, 0.2) is 0 Å². The Morgan fingerprint density at radius 3 is 2.62 bits per heavy atom. The van der Waals surface area contributed by atoms with Crippen LogP contribution in [0.3, 0.4) is 0 Å². The van der Waals surface area contributed by atoms with E-state index in [1.807, 2.05) is 10.2 Å². The van der Waals surface area contributed by atoms with Gasteiger partial charge in [0.05, 0.1) is 0 Å². The molecule has 0 aliphatic rings. The van der Waals surface area contributed by atoms with Crippen molar-refractivity contribution in [2.45, 2.75) is 0 Å². The molecular formula is C6H8IN. The molecule has 0 unspecified atom stereocenters. The second kappa shape index (κ2) is 4.90. The van der Waals surface area contributed by atoms with Gasteiger partial charge < -0.3 is 5.73 Å². The van der Waals surface area contributed by atoms with E-state index in [9.17, 15) is 0 Å². The van der Waals surface area contributed by atoms with Gasteiger partial charge in [-0.05, 0) is 16.2 Å². The summed E-state index contributed by atoms with van der Waals surface area (Å²) in [6.45, 7) is 3.49. The first-order valence-corrected chi connectivity index (χ1v) is 3.40. The fourth-order valence-corrected chi connectivity index (χ4v) is 0.680. The van der Waals surface area contributed by atoms with Crippen LogP contribution in [0.4, 0.5) is 0 Å². The summed E-state index contributed by atoms with van der Waals surface area (Å²) in [5.74, 6) is 0. The van der Waals surface area contributed by atoms with Crippen LogP contribution in [0, 0.1) is 0 Å². The predicted octanol–water partition coefficient (Wildman–Crippen LogP) is 1.96. The van der Waals surface area contributed by atoms with E-state index in [0.29, 0.717) is 0 Å². The molecule has 0 rings (SSSR count). The minimum Gasteiger partial charge on any atom is -0.399 e. The van der Waals surface area contributed by atoms with Crippen LogP contribution in [0.2, 0.25) is 0 Å². The Bertz CT molecular complexity index is 124. The minimum atomic E-state index is 0.731.